The van der Waals surface area contributed by atoms with Crippen LogP contribution >= 0.6 is 0 Å². The van der Waals surface area contributed by atoms with Crippen molar-refractivity contribution in [1.82, 2.24) is 0 Å². The zero-order valence-electron chi connectivity index (χ0n) is 9.74. The maximum atomic E-state index is 10.3. The fourth-order valence-electron chi connectivity index (χ4n) is 2.04. The molecule has 0 saturated carbocycles. The van der Waals surface area contributed by atoms with Crippen molar-refractivity contribution < 1.29 is 19.3 Å². The van der Waals surface area contributed by atoms with Crippen molar-refractivity contribution in [2.75, 3.05) is 27.4 Å². The number of aliphatic hydroxyl groups is 1. The fourth-order valence-corrected chi connectivity index (χ4v) is 2.04. The van der Waals surface area contributed by atoms with Crippen LogP contribution < -0.4 is 9.47 Å². The van der Waals surface area contributed by atoms with E-state index in [-0.39, 0.29) is 0 Å². The Labute approximate surface area is 94.8 Å². The number of benzene rings is 1. The van der Waals surface area contributed by atoms with Crippen LogP contribution in [0, 0.1) is 6.92 Å². The van der Waals surface area contributed by atoms with Crippen LogP contribution in [0.4, 0.5) is 0 Å². The first-order valence-corrected chi connectivity index (χ1v) is 5.14. The Morgan fingerprint density at radius 1 is 1.25 bits per heavy atom. The number of rotatable bonds is 3. The molecule has 1 N–H and O–H groups in total. The molecule has 0 radical (unpaired) electrons. The highest BCUT2D eigenvalue weighted by Gasteiger charge is 2.41. The van der Waals surface area contributed by atoms with Crippen molar-refractivity contribution in [3.63, 3.8) is 0 Å². The summed E-state index contributed by atoms with van der Waals surface area (Å²) in [5.41, 5.74) is 0.825. The van der Waals surface area contributed by atoms with Gasteiger partial charge >= 0.3 is 0 Å². The van der Waals surface area contributed by atoms with Crippen LogP contribution in [0.5, 0.6) is 11.5 Å². The number of hydrogen-bond acceptors (Lipinski definition) is 4. The van der Waals surface area contributed by atoms with Gasteiger partial charge in [0, 0.05) is 11.6 Å². The molecular weight excluding hydrogens is 208 g/mol. The van der Waals surface area contributed by atoms with Gasteiger partial charge in [0.1, 0.15) is 17.1 Å². The Hall–Kier alpha value is -1.26. The van der Waals surface area contributed by atoms with Gasteiger partial charge in [0.2, 0.25) is 0 Å². The first-order chi connectivity index (χ1) is 7.60. The molecule has 0 aliphatic carbocycles. The van der Waals surface area contributed by atoms with E-state index >= 15 is 0 Å². The molecule has 0 unspecified atom stereocenters. The lowest BCUT2D eigenvalue weighted by Crippen LogP contribution is -2.47. The van der Waals surface area contributed by atoms with Crippen molar-refractivity contribution in [3.8, 4) is 11.5 Å². The molecule has 0 amide bonds. The smallest absolute Gasteiger partial charge is 0.140 e. The minimum atomic E-state index is -0.915. The summed E-state index contributed by atoms with van der Waals surface area (Å²) in [6.07, 6.45) is 0. The minimum absolute atomic E-state index is 0.316. The third kappa shape index (κ3) is 1.64. The van der Waals surface area contributed by atoms with E-state index in [0.29, 0.717) is 19.0 Å². The number of hydrogen-bond donors (Lipinski definition) is 1. The largest absolute Gasteiger partial charge is 0.497 e. The Bertz CT molecular complexity index is 396. The highest BCUT2D eigenvalue weighted by molar-refractivity contribution is 5.50. The average molecular weight is 224 g/mol. The van der Waals surface area contributed by atoms with E-state index in [1.807, 2.05) is 13.0 Å². The molecule has 0 bridgehead atoms. The molecule has 4 nitrogen and oxygen atoms in total. The molecule has 1 saturated heterocycles. The molecule has 1 aromatic carbocycles. The molecule has 1 fully saturated rings. The molecule has 1 heterocycles. The van der Waals surface area contributed by atoms with Gasteiger partial charge in [-0.15, -0.1) is 0 Å². The summed E-state index contributed by atoms with van der Waals surface area (Å²) in [5.74, 6) is 1.37. The number of aryl methyl sites for hydroxylation is 1. The average Bonchev–Trinajstić information content (AvgIpc) is 2.24. The SMILES string of the molecule is COc1cc(C)c(C2(O)COC2)c(OC)c1. The van der Waals surface area contributed by atoms with Crippen LogP contribution in [-0.4, -0.2) is 32.5 Å². The fraction of sp³-hybridized carbons (Fsp3) is 0.500. The summed E-state index contributed by atoms with van der Waals surface area (Å²) < 4.78 is 15.5. The molecule has 1 aliphatic rings. The van der Waals surface area contributed by atoms with Crippen molar-refractivity contribution in [2.45, 2.75) is 12.5 Å². The topological polar surface area (TPSA) is 47.9 Å². The first kappa shape index (κ1) is 11.2. The Kier molecular flexibility index (Phi) is 2.78. The summed E-state index contributed by atoms with van der Waals surface area (Å²) in [5, 5.41) is 10.3. The molecule has 1 aliphatic heterocycles. The second-order valence-electron chi connectivity index (χ2n) is 4.05. The third-order valence-corrected chi connectivity index (χ3v) is 2.88. The molecule has 1 aromatic rings. The lowest BCUT2D eigenvalue weighted by Gasteiger charge is -2.38. The van der Waals surface area contributed by atoms with Gasteiger partial charge < -0.3 is 19.3 Å². The van der Waals surface area contributed by atoms with Gasteiger partial charge in [0.05, 0.1) is 27.4 Å². The van der Waals surface area contributed by atoms with Crippen LogP contribution in [0.25, 0.3) is 0 Å². The second-order valence-corrected chi connectivity index (χ2v) is 4.05. The summed E-state index contributed by atoms with van der Waals surface area (Å²) in [6, 6.07) is 3.66. The molecule has 0 aromatic heterocycles. The quantitative estimate of drug-likeness (QED) is 0.839. The molecule has 4 heteroatoms. The van der Waals surface area contributed by atoms with Crippen LogP contribution in [0.15, 0.2) is 12.1 Å². The Morgan fingerprint density at radius 3 is 2.38 bits per heavy atom. The van der Waals surface area contributed by atoms with Gasteiger partial charge in [-0.05, 0) is 18.6 Å². The molecular formula is C12H16O4. The normalized spacial score (nSPS) is 17.8. The van der Waals surface area contributed by atoms with Gasteiger partial charge in [0.15, 0.2) is 0 Å². The Morgan fingerprint density at radius 2 is 1.94 bits per heavy atom. The molecule has 88 valence electrons. The van der Waals surface area contributed by atoms with Gasteiger partial charge in [0.25, 0.3) is 0 Å². The van der Waals surface area contributed by atoms with E-state index in [2.05, 4.69) is 0 Å². The van der Waals surface area contributed by atoms with Crippen LogP contribution in [0.1, 0.15) is 11.1 Å². The summed E-state index contributed by atoms with van der Waals surface area (Å²) in [4.78, 5) is 0. The standard InChI is InChI=1S/C12H16O4/c1-8-4-9(14-2)5-10(15-3)11(8)12(13)6-16-7-12/h4-5,13H,6-7H2,1-3H3. The van der Waals surface area contributed by atoms with Crippen molar-refractivity contribution in [2.24, 2.45) is 0 Å². The molecule has 0 spiro atoms. The maximum Gasteiger partial charge on any atom is 0.140 e. The Balaban J connectivity index is 2.50. The minimum Gasteiger partial charge on any atom is -0.497 e. The van der Waals surface area contributed by atoms with E-state index in [4.69, 9.17) is 14.2 Å². The summed E-state index contributed by atoms with van der Waals surface area (Å²) >= 11 is 0. The van der Waals surface area contributed by atoms with E-state index in [1.54, 1.807) is 20.3 Å². The van der Waals surface area contributed by atoms with Crippen molar-refractivity contribution >= 4 is 0 Å². The molecule has 0 atom stereocenters. The van der Waals surface area contributed by atoms with E-state index in [0.717, 1.165) is 16.9 Å². The zero-order chi connectivity index (χ0) is 11.8. The predicted octanol–water partition coefficient (Wildman–Crippen LogP) is 1.23. The predicted molar refractivity (Wildman–Crippen MR) is 59.0 cm³/mol. The summed E-state index contributed by atoms with van der Waals surface area (Å²) in [7, 11) is 3.19. The first-order valence-electron chi connectivity index (χ1n) is 5.14. The van der Waals surface area contributed by atoms with Crippen LogP contribution in [-0.2, 0) is 10.3 Å². The monoisotopic (exact) mass is 224 g/mol. The number of ether oxygens (including phenoxy) is 3. The second kappa shape index (κ2) is 3.96. The lowest BCUT2D eigenvalue weighted by molar-refractivity contribution is -0.185. The third-order valence-electron chi connectivity index (χ3n) is 2.88. The van der Waals surface area contributed by atoms with Crippen molar-refractivity contribution in [1.29, 1.82) is 0 Å². The lowest BCUT2D eigenvalue weighted by atomic mass is 9.87. The number of methoxy groups -OCH3 is 2. The van der Waals surface area contributed by atoms with E-state index in [9.17, 15) is 5.11 Å². The zero-order valence-corrected chi connectivity index (χ0v) is 9.74. The van der Waals surface area contributed by atoms with Gasteiger partial charge in [-0.3, -0.25) is 0 Å². The molecule has 2 rings (SSSR count). The molecule has 16 heavy (non-hydrogen) atoms. The van der Waals surface area contributed by atoms with Gasteiger partial charge in [-0.1, -0.05) is 0 Å². The van der Waals surface area contributed by atoms with E-state index in [1.165, 1.54) is 0 Å². The van der Waals surface area contributed by atoms with Crippen LogP contribution in [0.2, 0.25) is 0 Å². The van der Waals surface area contributed by atoms with E-state index < -0.39 is 5.60 Å². The maximum absolute atomic E-state index is 10.3. The van der Waals surface area contributed by atoms with Crippen LogP contribution in [0.3, 0.4) is 0 Å². The van der Waals surface area contributed by atoms with Crippen molar-refractivity contribution in [3.05, 3.63) is 23.3 Å². The van der Waals surface area contributed by atoms with Gasteiger partial charge in [-0.2, -0.15) is 0 Å². The van der Waals surface area contributed by atoms with Gasteiger partial charge in [-0.25, -0.2) is 0 Å². The highest BCUT2D eigenvalue weighted by atomic mass is 16.5. The highest BCUT2D eigenvalue weighted by Crippen LogP contribution is 2.40. The summed E-state index contributed by atoms with van der Waals surface area (Å²) in [6.45, 7) is 2.56.